The smallest absolute Gasteiger partial charge is 0.322 e. The minimum absolute atomic E-state index is 0.0529. The first kappa shape index (κ1) is 15.8. The minimum Gasteiger partial charge on any atom is -0.382 e. The zero-order valence-electron chi connectivity index (χ0n) is 13.1. The third-order valence-corrected chi connectivity index (χ3v) is 3.49. The van der Waals surface area contributed by atoms with Crippen LogP contribution < -0.4 is 5.32 Å². The SMILES string of the molecule is COCC1COCCN1C(=O)Nc1cn(C)nc1C(C)C. The highest BCUT2D eigenvalue weighted by molar-refractivity contribution is 5.90. The molecule has 2 rings (SSSR count). The Morgan fingerprint density at radius 2 is 2.38 bits per heavy atom. The second kappa shape index (κ2) is 6.91. The second-order valence-electron chi connectivity index (χ2n) is 5.56. The maximum Gasteiger partial charge on any atom is 0.322 e. The number of nitrogens with zero attached hydrogens (tertiary/aromatic N) is 3. The van der Waals surface area contributed by atoms with Crippen molar-refractivity contribution in [3.8, 4) is 0 Å². The first-order chi connectivity index (χ1) is 10.0. The lowest BCUT2D eigenvalue weighted by Gasteiger charge is -2.35. The molecule has 1 unspecified atom stereocenters. The molecule has 1 N–H and O–H groups in total. The van der Waals surface area contributed by atoms with E-state index >= 15 is 0 Å². The van der Waals surface area contributed by atoms with Crippen molar-refractivity contribution < 1.29 is 14.3 Å². The van der Waals surface area contributed by atoms with E-state index in [1.165, 1.54) is 0 Å². The number of carbonyl (C=O) groups is 1. The highest BCUT2D eigenvalue weighted by Gasteiger charge is 2.28. The monoisotopic (exact) mass is 296 g/mol. The van der Waals surface area contributed by atoms with Crippen molar-refractivity contribution in [3.05, 3.63) is 11.9 Å². The lowest BCUT2D eigenvalue weighted by atomic mass is 10.1. The van der Waals surface area contributed by atoms with Gasteiger partial charge in [-0.1, -0.05) is 13.8 Å². The normalized spacial score (nSPS) is 19.1. The van der Waals surface area contributed by atoms with E-state index < -0.39 is 0 Å². The fourth-order valence-electron chi connectivity index (χ4n) is 2.47. The molecule has 0 aromatic carbocycles. The van der Waals surface area contributed by atoms with Gasteiger partial charge in [-0.2, -0.15) is 5.10 Å². The first-order valence-electron chi connectivity index (χ1n) is 7.20. The molecule has 118 valence electrons. The van der Waals surface area contributed by atoms with Crippen LogP contribution in [0.1, 0.15) is 25.5 Å². The topological polar surface area (TPSA) is 68.6 Å². The van der Waals surface area contributed by atoms with E-state index in [0.29, 0.717) is 26.4 Å². The highest BCUT2D eigenvalue weighted by Crippen LogP contribution is 2.23. The predicted octanol–water partition coefficient (Wildman–Crippen LogP) is 1.42. The largest absolute Gasteiger partial charge is 0.382 e. The van der Waals surface area contributed by atoms with Gasteiger partial charge < -0.3 is 19.7 Å². The van der Waals surface area contributed by atoms with Gasteiger partial charge in [-0.15, -0.1) is 0 Å². The first-order valence-corrected chi connectivity index (χ1v) is 7.20. The van der Waals surface area contributed by atoms with E-state index in [1.807, 2.05) is 13.2 Å². The minimum atomic E-state index is -0.129. The van der Waals surface area contributed by atoms with Crippen molar-refractivity contribution in [1.82, 2.24) is 14.7 Å². The van der Waals surface area contributed by atoms with Crippen LogP contribution in [0.25, 0.3) is 0 Å². The van der Waals surface area contributed by atoms with Crippen molar-refractivity contribution in [2.45, 2.75) is 25.8 Å². The zero-order valence-corrected chi connectivity index (χ0v) is 13.1. The third-order valence-electron chi connectivity index (χ3n) is 3.49. The van der Waals surface area contributed by atoms with Crippen LogP contribution in [0.3, 0.4) is 0 Å². The Morgan fingerprint density at radius 3 is 3.05 bits per heavy atom. The van der Waals surface area contributed by atoms with Gasteiger partial charge in [0.25, 0.3) is 0 Å². The van der Waals surface area contributed by atoms with Gasteiger partial charge in [0.1, 0.15) is 0 Å². The fraction of sp³-hybridized carbons (Fsp3) is 0.714. The number of aryl methyl sites for hydroxylation is 1. The van der Waals surface area contributed by atoms with Gasteiger partial charge in [0.15, 0.2) is 0 Å². The van der Waals surface area contributed by atoms with E-state index in [-0.39, 0.29) is 18.0 Å². The molecule has 2 heterocycles. The highest BCUT2D eigenvalue weighted by atomic mass is 16.5. The number of urea groups is 1. The number of anilines is 1. The number of hydrogen-bond acceptors (Lipinski definition) is 4. The van der Waals surface area contributed by atoms with Crippen molar-refractivity contribution >= 4 is 11.7 Å². The Bertz CT molecular complexity index is 485. The van der Waals surface area contributed by atoms with Crippen LogP contribution in [0.4, 0.5) is 10.5 Å². The number of aromatic nitrogens is 2. The summed E-state index contributed by atoms with van der Waals surface area (Å²) in [5.41, 5.74) is 1.66. The molecule has 0 saturated carbocycles. The van der Waals surface area contributed by atoms with E-state index in [2.05, 4.69) is 24.3 Å². The maximum atomic E-state index is 12.5. The van der Waals surface area contributed by atoms with Crippen LogP contribution in [-0.2, 0) is 16.5 Å². The lowest BCUT2D eigenvalue weighted by molar-refractivity contribution is -0.0133. The number of morpholine rings is 1. The molecule has 7 nitrogen and oxygen atoms in total. The standard InChI is InChI=1S/C14H24N4O3/c1-10(2)13-12(7-17(3)16-13)15-14(19)18-5-6-21-9-11(18)8-20-4/h7,10-11H,5-6,8-9H2,1-4H3,(H,15,19). The molecule has 1 aromatic rings. The van der Waals surface area contributed by atoms with Crippen LogP contribution in [0, 0.1) is 0 Å². The molecule has 21 heavy (non-hydrogen) atoms. The average molecular weight is 296 g/mol. The molecule has 0 radical (unpaired) electrons. The number of amides is 2. The van der Waals surface area contributed by atoms with Gasteiger partial charge in [-0.3, -0.25) is 4.68 Å². The molecule has 1 aliphatic heterocycles. The molecular formula is C14H24N4O3. The number of carbonyl (C=O) groups excluding carboxylic acids is 1. The molecule has 1 aromatic heterocycles. The summed E-state index contributed by atoms with van der Waals surface area (Å²) in [7, 11) is 3.48. The summed E-state index contributed by atoms with van der Waals surface area (Å²) in [5, 5.41) is 7.36. The Hall–Kier alpha value is -1.60. The van der Waals surface area contributed by atoms with Crippen molar-refractivity contribution in [2.24, 2.45) is 7.05 Å². The van der Waals surface area contributed by atoms with Crippen LogP contribution in [0.5, 0.6) is 0 Å². The molecule has 0 bridgehead atoms. The van der Waals surface area contributed by atoms with E-state index in [0.717, 1.165) is 11.4 Å². The Kier molecular flexibility index (Phi) is 5.19. The number of ether oxygens (including phenoxy) is 2. The van der Waals surface area contributed by atoms with Gasteiger partial charge in [0.05, 0.1) is 37.2 Å². The van der Waals surface area contributed by atoms with Crippen molar-refractivity contribution in [1.29, 1.82) is 0 Å². The number of nitrogens with one attached hydrogen (secondary N) is 1. The molecule has 2 amide bonds. The van der Waals surface area contributed by atoms with Gasteiger partial charge in [-0.05, 0) is 5.92 Å². The third kappa shape index (κ3) is 3.74. The summed E-state index contributed by atoms with van der Waals surface area (Å²) >= 11 is 0. The average Bonchev–Trinajstić information content (AvgIpc) is 2.80. The quantitative estimate of drug-likeness (QED) is 0.912. The van der Waals surface area contributed by atoms with Gasteiger partial charge in [-0.25, -0.2) is 4.79 Å². The predicted molar refractivity (Wildman–Crippen MR) is 79.5 cm³/mol. The Labute approximate surface area is 125 Å². The molecule has 1 saturated heterocycles. The summed E-state index contributed by atoms with van der Waals surface area (Å²) in [6, 6.07) is -0.182. The van der Waals surface area contributed by atoms with Crippen LogP contribution in [-0.4, -0.2) is 60.2 Å². The maximum absolute atomic E-state index is 12.5. The molecule has 7 heteroatoms. The molecule has 1 atom stereocenters. The van der Waals surface area contributed by atoms with Gasteiger partial charge in [0.2, 0.25) is 0 Å². The number of methoxy groups -OCH3 is 1. The van der Waals surface area contributed by atoms with Crippen LogP contribution >= 0.6 is 0 Å². The Morgan fingerprint density at radius 1 is 1.62 bits per heavy atom. The van der Waals surface area contributed by atoms with Crippen molar-refractivity contribution in [2.75, 3.05) is 38.8 Å². The van der Waals surface area contributed by atoms with Gasteiger partial charge in [0, 0.05) is 26.9 Å². The molecule has 1 fully saturated rings. The summed E-state index contributed by atoms with van der Waals surface area (Å²) < 4.78 is 12.3. The zero-order chi connectivity index (χ0) is 15.4. The van der Waals surface area contributed by atoms with E-state index in [9.17, 15) is 4.79 Å². The van der Waals surface area contributed by atoms with E-state index in [1.54, 1.807) is 16.7 Å². The van der Waals surface area contributed by atoms with Crippen molar-refractivity contribution in [3.63, 3.8) is 0 Å². The number of rotatable bonds is 4. The molecular weight excluding hydrogens is 272 g/mol. The van der Waals surface area contributed by atoms with Gasteiger partial charge >= 0.3 is 6.03 Å². The molecule has 0 aliphatic carbocycles. The lowest BCUT2D eigenvalue weighted by Crippen LogP contribution is -2.52. The van der Waals surface area contributed by atoms with Crippen LogP contribution in [0.2, 0.25) is 0 Å². The van der Waals surface area contributed by atoms with Crippen LogP contribution in [0.15, 0.2) is 6.20 Å². The number of hydrogen-bond donors (Lipinski definition) is 1. The summed E-state index contributed by atoms with van der Waals surface area (Å²) in [6.45, 7) is 6.21. The fourth-order valence-corrected chi connectivity index (χ4v) is 2.47. The Balaban J connectivity index is 2.09. The van der Waals surface area contributed by atoms with E-state index in [4.69, 9.17) is 9.47 Å². The molecule has 0 spiro atoms. The second-order valence-corrected chi connectivity index (χ2v) is 5.56. The summed E-state index contributed by atoms with van der Waals surface area (Å²) in [4.78, 5) is 14.3. The summed E-state index contributed by atoms with van der Waals surface area (Å²) in [6.07, 6.45) is 1.83. The molecule has 1 aliphatic rings. The summed E-state index contributed by atoms with van der Waals surface area (Å²) in [5.74, 6) is 0.251.